The topological polar surface area (TPSA) is 40.5 Å². The molecule has 1 saturated heterocycles. The highest BCUT2D eigenvalue weighted by molar-refractivity contribution is 6.31. The van der Waals surface area contributed by atoms with E-state index in [9.17, 15) is 9.18 Å². The third-order valence-electron chi connectivity index (χ3n) is 3.88. The number of likely N-dealkylation sites (tertiary alicyclic amines) is 1. The molecule has 19 heavy (non-hydrogen) atoms. The van der Waals surface area contributed by atoms with E-state index in [0.717, 1.165) is 5.56 Å². The van der Waals surface area contributed by atoms with Crippen LogP contribution < -0.4 is 0 Å². The summed E-state index contributed by atoms with van der Waals surface area (Å²) in [6.07, 6.45) is 1.21. The summed E-state index contributed by atoms with van der Waals surface area (Å²) < 4.78 is 13.2. The first-order valence-electron chi connectivity index (χ1n) is 6.30. The van der Waals surface area contributed by atoms with E-state index in [-0.39, 0.29) is 5.82 Å². The fraction of sp³-hybridized carbons (Fsp3) is 0.500. The van der Waals surface area contributed by atoms with Gasteiger partial charge < -0.3 is 5.11 Å². The molecule has 1 heterocycles. The van der Waals surface area contributed by atoms with E-state index < -0.39 is 11.4 Å². The normalized spacial score (nSPS) is 19.3. The van der Waals surface area contributed by atoms with Gasteiger partial charge in [-0.2, -0.15) is 0 Å². The van der Waals surface area contributed by atoms with Crippen LogP contribution in [0.5, 0.6) is 0 Å². The molecule has 1 aliphatic heterocycles. The van der Waals surface area contributed by atoms with Gasteiger partial charge in [-0.3, -0.25) is 9.69 Å². The van der Waals surface area contributed by atoms with Gasteiger partial charge in [-0.1, -0.05) is 11.6 Å². The number of aliphatic carboxylic acids is 1. The average molecular weight is 286 g/mol. The third kappa shape index (κ3) is 3.25. The molecule has 0 spiro atoms. The lowest BCUT2D eigenvalue weighted by molar-refractivity contribution is -0.150. The van der Waals surface area contributed by atoms with Gasteiger partial charge in [0, 0.05) is 11.6 Å². The monoisotopic (exact) mass is 285 g/mol. The molecule has 0 amide bonds. The standard InChI is InChI=1S/C14H17ClFNO2/c1-14(13(18)19)4-6-17(7-5-14)9-10-8-11(16)2-3-12(10)15/h2-3,8H,4-7,9H2,1H3,(H,18,19). The Kier molecular flexibility index (Phi) is 4.11. The van der Waals surface area contributed by atoms with Crippen molar-refractivity contribution in [1.82, 2.24) is 4.90 Å². The van der Waals surface area contributed by atoms with Crippen LogP contribution in [0, 0.1) is 11.2 Å². The minimum absolute atomic E-state index is 0.299. The van der Waals surface area contributed by atoms with Crippen LogP contribution >= 0.6 is 11.6 Å². The Labute approximate surface area is 117 Å². The SMILES string of the molecule is CC1(C(=O)O)CCN(Cc2cc(F)ccc2Cl)CC1. The number of rotatable bonds is 3. The van der Waals surface area contributed by atoms with Crippen LogP contribution in [0.2, 0.25) is 5.02 Å². The maximum atomic E-state index is 13.2. The summed E-state index contributed by atoms with van der Waals surface area (Å²) in [5.41, 5.74) is 0.114. The van der Waals surface area contributed by atoms with Gasteiger partial charge in [0.2, 0.25) is 0 Å². The first kappa shape index (κ1) is 14.3. The van der Waals surface area contributed by atoms with Gasteiger partial charge in [0.05, 0.1) is 5.41 Å². The second-order valence-corrected chi connectivity index (χ2v) is 5.78. The minimum Gasteiger partial charge on any atom is -0.481 e. The van der Waals surface area contributed by atoms with Gasteiger partial charge >= 0.3 is 5.97 Å². The fourth-order valence-electron chi connectivity index (χ4n) is 2.32. The molecule has 0 bridgehead atoms. The largest absolute Gasteiger partial charge is 0.481 e. The molecule has 5 heteroatoms. The van der Waals surface area contributed by atoms with Crippen LogP contribution in [0.25, 0.3) is 0 Å². The Morgan fingerprint density at radius 2 is 2.11 bits per heavy atom. The van der Waals surface area contributed by atoms with E-state index in [1.807, 2.05) is 0 Å². The molecule has 0 aromatic heterocycles. The van der Waals surface area contributed by atoms with Crippen LogP contribution in [0.15, 0.2) is 18.2 Å². The zero-order valence-corrected chi connectivity index (χ0v) is 11.6. The van der Waals surface area contributed by atoms with Crippen LogP contribution in [-0.4, -0.2) is 29.1 Å². The van der Waals surface area contributed by atoms with Gasteiger partial charge in [-0.25, -0.2) is 4.39 Å². The first-order chi connectivity index (χ1) is 8.90. The van der Waals surface area contributed by atoms with Gasteiger partial charge in [0.1, 0.15) is 5.82 Å². The van der Waals surface area contributed by atoms with Crippen molar-refractivity contribution in [2.24, 2.45) is 5.41 Å². The number of carboxylic acid groups (broad SMARTS) is 1. The predicted molar refractivity (Wildman–Crippen MR) is 71.7 cm³/mol. The molecule has 1 N–H and O–H groups in total. The van der Waals surface area contributed by atoms with Crippen LogP contribution in [-0.2, 0) is 11.3 Å². The Bertz CT molecular complexity index is 484. The highest BCUT2D eigenvalue weighted by atomic mass is 35.5. The third-order valence-corrected chi connectivity index (χ3v) is 4.25. The maximum Gasteiger partial charge on any atom is 0.309 e. The zero-order valence-electron chi connectivity index (χ0n) is 10.8. The molecule has 3 nitrogen and oxygen atoms in total. The molecule has 1 aromatic rings. The number of carboxylic acids is 1. The highest BCUT2D eigenvalue weighted by Gasteiger charge is 2.36. The second kappa shape index (κ2) is 5.47. The van der Waals surface area contributed by atoms with Crippen molar-refractivity contribution in [3.63, 3.8) is 0 Å². The van der Waals surface area contributed by atoms with E-state index in [2.05, 4.69) is 4.90 Å². The summed E-state index contributed by atoms with van der Waals surface area (Å²) in [6, 6.07) is 4.33. The number of halogens is 2. The van der Waals surface area contributed by atoms with Gasteiger partial charge in [0.25, 0.3) is 0 Å². The van der Waals surface area contributed by atoms with Crippen LogP contribution in [0.4, 0.5) is 4.39 Å². The smallest absolute Gasteiger partial charge is 0.309 e. The summed E-state index contributed by atoms with van der Waals surface area (Å²) in [7, 11) is 0. The summed E-state index contributed by atoms with van der Waals surface area (Å²) >= 11 is 6.03. The molecule has 0 aliphatic carbocycles. The average Bonchev–Trinajstić information content (AvgIpc) is 2.36. The molecule has 1 fully saturated rings. The molecular weight excluding hydrogens is 269 g/mol. The number of hydrogen-bond acceptors (Lipinski definition) is 2. The van der Waals surface area contributed by atoms with Crippen molar-refractivity contribution in [3.05, 3.63) is 34.6 Å². The molecule has 0 radical (unpaired) electrons. The van der Waals surface area contributed by atoms with Crippen molar-refractivity contribution >= 4 is 17.6 Å². The lowest BCUT2D eigenvalue weighted by Crippen LogP contribution is -2.42. The molecule has 1 aliphatic rings. The molecule has 2 rings (SSSR count). The van der Waals surface area contributed by atoms with E-state index in [1.165, 1.54) is 12.1 Å². The molecule has 104 valence electrons. The molecule has 0 atom stereocenters. The summed E-state index contributed by atoms with van der Waals surface area (Å²) in [4.78, 5) is 13.3. The maximum absolute atomic E-state index is 13.2. The van der Waals surface area contributed by atoms with Gasteiger partial charge in [0.15, 0.2) is 0 Å². The Balaban J connectivity index is 1.99. The lowest BCUT2D eigenvalue weighted by Gasteiger charge is -2.36. The van der Waals surface area contributed by atoms with E-state index in [4.69, 9.17) is 16.7 Å². The molecule has 0 unspecified atom stereocenters. The van der Waals surface area contributed by atoms with Crippen molar-refractivity contribution in [2.45, 2.75) is 26.3 Å². The first-order valence-corrected chi connectivity index (χ1v) is 6.68. The van der Waals surface area contributed by atoms with E-state index in [0.29, 0.717) is 37.5 Å². The fourth-order valence-corrected chi connectivity index (χ4v) is 2.50. The minimum atomic E-state index is -0.740. The quantitative estimate of drug-likeness (QED) is 0.927. The number of carbonyl (C=O) groups is 1. The summed E-state index contributed by atoms with van der Waals surface area (Å²) in [6.45, 7) is 3.72. The van der Waals surface area contributed by atoms with Crippen molar-refractivity contribution in [1.29, 1.82) is 0 Å². The Morgan fingerprint density at radius 3 is 2.68 bits per heavy atom. The van der Waals surface area contributed by atoms with Crippen LogP contribution in [0.3, 0.4) is 0 Å². The number of hydrogen-bond donors (Lipinski definition) is 1. The highest BCUT2D eigenvalue weighted by Crippen LogP contribution is 2.32. The van der Waals surface area contributed by atoms with Crippen LogP contribution in [0.1, 0.15) is 25.3 Å². The number of nitrogens with zero attached hydrogens (tertiary/aromatic N) is 1. The van der Waals surface area contributed by atoms with Crippen molar-refractivity contribution in [2.75, 3.05) is 13.1 Å². The Hall–Kier alpha value is -1.13. The van der Waals surface area contributed by atoms with Gasteiger partial charge in [-0.15, -0.1) is 0 Å². The van der Waals surface area contributed by atoms with Crippen molar-refractivity contribution in [3.8, 4) is 0 Å². The van der Waals surface area contributed by atoms with Gasteiger partial charge in [-0.05, 0) is 56.6 Å². The van der Waals surface area contributed by atoms with E-state index >= 15 is 0 Å². The van der Waals surface area contributed by atoms with E-state index in [1.54, 1.807) is 13.0 Å². The second-order valence-electron chi connectivity index (χ2n) is 5.38. The Morgan fingerprint density at radius 1 is 1.47 bits per heavy atom. The van der Waals surface area contributed by atoms with Crippen molar-refractivity contribution < 1.29 is 14.3 Å². The molecule has 1 aromatic carbocycles. The number of piperidine rings is 1. The zero-order chi connectivity index (χ0) is 14.0. The molecule has 0 saturated carbocycles. The summed E-state index contributed by atoms with van der Waals surface area (Å²) in [5.74, 6) is -1.04. The number of benzene rings is 1. The predicted octanol–water partition coefficient (Wildman–Crippen LogP) is 3.17. The lowest BCUT2D eigenvalue weighted by atomic mass is 9.80. The summed E-state index contributed by atoms with van der Waals surface area (Å²) in [5, 5.41) is 9.71. The molecular formula is C14H17ClFNO2.